The van der Waals surface area contributed by atoms with Crippen LogP contribution < -0.4 is 23.7 Å². The number of carbonyl (C=O) groups excluding carboxylic acids is 1. The lowest BCUT2D eigenvalue weighted by molar-refractivity contribution is -0.0512. The van der Waals surface area contributed by atoms with Crippen LogP contribution in [-0.4, -0.2) is 32.7 Å². The Morgan fingerprint density at radius 3 is 2.19 bits per heavy atom. The third-order valence-corrected chi connectivity index (χ3v) is 4.98. The number of allylic oxidation sites excluding steroid dienone is 1. The van der Waals surface area contributed by atoms with E-state index in [1.807, 2.05) is 56.3 Å². The van der Waals surface area contributed by atoms with Gasteiger partial charge in [0, 0.05) is 5.56 Å². The smallest absolute Gasteiger partial charge is 0.387 e. The van der Waals surface area contributed by atoms with Crippen LogP contribution in [0.2, 0.25) is 0 Å². The Labute approximate surface area is 209 Å². The summed E-state index contributed by atoms with van der Waals surface area (Å²) in [5, 5.41) is 0. The highest BCUT2D eigenvalue weighted by molar-refractivity contribution is 6.07. The molecule has 0 fully saturated rings. The maximum atomic E-state index is 12.5. The van der Waals surface area contributed by atoms with Crippen molar-refractivity contribution in [1.29, 1.82) is 0 Å². The molecule has 0 aromatic heterocycles. The van der Waals surface area contributed by atoms with Gasteiger partial charge in [0.25, 0.3) is 0 Å². The second kappa shape index (κ2) is 13.1. The van der Waals surface area contributed by atoms with Gasteiger partial charge in [-0.3, -0.25) is 4.79 Å². The molecule has 36 heavy (non-hydrogen) atoms. The van der Waals surface area contributed by atoms with Gasteiger partial charge in [-0.15, -0.1) is 0 Å². The Kier molecular flexibility index (Phi) is 9.68. The van der Waals surface area contributed by atoms with E-state index in [2.05, 4.69) is 4.74 Å². The highest BCUT2D eigenvalue weighted by Crippen LogP contribution is 2.30. The highest BCUT2D eigenvalue weighted by Gasteiger charge is 2.13. The normalized spacial score (nSPS) is 10.9. The van der Waals surface area contributed by atoms with Crippen LogP contribution in [0.5, 0.6) is 28.7 Å². The zero-order valence-corrected chi connectivity index (χ0v) is 20.3. The van der Waals surface area contributed by atoms with Crippen molar-refractivity contribution < 1.29 is 37.3 Å². The number of ether oxygens (including phenoxy) is 5. The van der Waals surface area contributed by atoms with E-state index in [0.29, 0.717) is 37.1 Å². The van der Waals surface area contributed by atoms with Gasteiger partial charge in [-0.25, -0.2) is 0 Å². The van der Waals surface area contributed by atoms with Crippen molar-refractivity contribution >= 4 is 11.9 Å². The highest BCUT2D eigenvalue weighted by atomic mass is 19.3. The first-order chi connectivity index (χ1) is 17.4. The molecule has 8 heteroatoms. The summed E-state index contributed by atoms with van der Waals surface area (Å²) in [6, 6.07) is 17.0. The molecule has 0 heterocycles. The third kappa shape index (κ3) is 7.46. The number of hydrogen-bond donors (Lipinski definition) is 0. The summed E-state index contributed by atoms with van der Waals surface area (Å²) in [4.78, 5) is 12.5. The van der Waals surface area contributed by atoms with Crippen LogP contribution in [0.3, 0.4) is 0 Å². The van der Waals surface area contributed by atoms with Crippen LogP contribution in [0.15, 0.2) is 66.7 Å². The van der Waals surface area contributed by atoms with Crippen LogP contribution in [0.1, 0.15) is 35.3 Å². The lowest BCUT2D eigenvalue weighted by Crippen LogP contribution is -2.04. The van der Waals surface area contributed by atoms with E-state index in [1.54, 1.807) is 6.08 Å². The topological polar surface area (TPSA) is 63.2 Å². The molecule has 6 nitrogen and oxygen atoms in total. The molecule has 0 aliphatic heterocycles. The van der Waals surface area contributed by atoms with E-state index in [9.17, 15) is 13.6 Å². The molecule has 0 spiro atoms. The van der Waals surface area contributed by atoms with Crippen LogP contribution in [0.4, 0.5) is 8.78 Å². The number of benzene rings is 3. The van der Waals surface area contributed by atoms with Gasteiger partial charge in [0.1, 0.15) is 12.4 Å². The molecule has 0 bridgehead atoms. The first-order valence-corrected chi connectivity index (χ1v) is 11.4. The van der Waals surface area contributed by atoms with E-state index in [4.69, 9.17) is 18.9 Å². The Hall–Kier alpha value is -4.07. The lowest BCUT2D eigenvalue weighted by atomic mass is 10.1. The fourth-order valence-corrected chi connectivity index (χ4v) is 3.31. The molecule has 3 aromatic rings. The van der Waals surface area contributed by atoms with Crippen LogP contribution in [0, 0.1) is 0 Å². The number of rotatable bonds is 13. The standard InChI is InChI=1S/C28H28F2O6/c1-4-33-24-14-9-20(16-27(24)34-5-2)18-35-22-11-6-19(7-12-22)8-13-23(31)21-10-15-25(36-28(29)30)26(17-21)32-3/h6-17,28H,4-5,18H2,1-3H3/b13-8+. The molecule has 0 radical (unpaired) electrons. The van der Waals surface area contributed by atoms with Crippen molar-refractivity contribution in [1.82, 2.24) is 0 Å². The first kappa shape index (κ1) is 26.5. The lowest BCUT2D eigenvalue weighted by Gasteiger charge is -2.13. The SMILES string of the molecule is CCOc1ccc(COc2ccc(/C=C/C(=O)c3ccc(OC(F)F)c(OC)c3)cc2)cc1OCC. The van der Waals surface area contributed by atoms with Gasteiger partial charge < -0.3 is 23.7 Å². The fraction of sp³-hybridized carbons (Fsp3) is 0.250. The average Bonchev–Trinajstić information content (AvgIpc) is 2.88. The maximum absolute atomic E-state index is 12.5. The van der Waals surface area contributed by atoms with Crippen LogP contribution >= 0.6 is 0 Å². The Morgan fingerprint density at radius 1 is 0.833 bits per heavy atom. The van der Waals surface area contributed by atoms with Crippen LogP contribution in [0.25, 0.3) is 6.08 Å². The van der Waals surface area contributed by atoms with Gasteiger partial charge in [-0.2, -0.15) is 8.78 Å². The number of ketones is 1. The monoisotopic (exact) mass is 498 g/mol. The molecule has 0 unspecified atom stereocenters. The van der Waals surface area contributed by atoms with E-state index in [1.165, 1.54) is 31.4 Å². The first-order valence-electron chi connectivity index (χ1n) is 11.4. The Balaban J connectivity index is 1.60. The molecule has 190 valence electrons. The summed E-state index contributed by atoms with van der Waals surface area (Å²) < 4.78 is 51.5. The summed E-state index contributed by atoms with van der Waals surface area (Å²) in [6.45, 7) is 2.30. The largest absolute Gasteiger partial charge is 0.493 e. The van der Waals surface area contributed by atoms with Crippen molar-refractivity contribution in [3.8, 4) is 28.7 Å². The third-order valence-electron chi connectivity index (χ3n) is 4.98. The zero-order chi connectivity index (χ0) is 25.9. The van der Waals surface area contributed by atoms with E-state index >= 15 is 0 Å². The molecule has 0 saturated heterocycles. The molecule has 0 aliphatic rings. The molecular formula is C28H28F2O6. The van der Waals surface area contributed by atoms with Crippen molar-refractivity contribution in [3.05, 3.63) is 83.4 Å². The van der Waals surface area contributed by atoms with Gasteiger partial charge >= 0.3 is 6.61 Å². The molecule has 3 aromatic carbocycles. The van der Waals surface area contributed by atoms with Gasteiger partial charge in [0.05, 0.1) is 20.3 Å². The number of hydrogen-bond acceptors (Lipinski definition) is 6. The average molecular weight is 499 g/mol. The molecule has 0 amide bonds. The number of halogens is 2. The maximum Gasteiger partial charge on any atom is 0.387 e. The summed E-state index contributed by atoms with van der Waals surface area (Å²) in [7, 11) is 1.31. The minimum absolute atomic E-state index is 0.0527. The van der Waals surface area contributed by atoms with Crippen molar-refractivity contribution in [3.63, 3.8) is 0 Å². The fourth-order valence-electron chi connectivity index (χ4n) is 3.31. The molecule has 0 saturated carbocycles. The quantitative estimate of drug-likeness (QED) is 0.196. The molecule has 3 rings (SSSR count). The van der Waals surface area contributed by atoms with Gasteiger partial charge in [0.15, 0.2) is 28.8 Å². The van der Waals surface area contributed by atoms with E-state index < -0.39 is 6.61 Å². The second-order valence-electron chi connectivity index (χ2n) is 7.45. The van der Waals surface area contributed by atoms with Crippen LogP contribution in [-0.2, 0) is 6.61 Å². The number of methoxy groups -OCH3 is 1. The number of alkyl halides is 2. The zero-order valence-electron chi connectivity index (χ0n) is 20.3. The second-order valence-corrected chi connectivity index (χ2v) is 7.45. The summed E-state index contributed by atoms with van der Waals surface area (Å²) in [5.74, 6) is 1.66. The summed E-state index contributed by atoms with van der Waals surface area (Å²) in [6.07, 6.45) is 3.05. The van der Waals surface area contributed by atoms with Crippen molar-refractivity contribution in [2.75, 3.05) is 20.3 Å². The number of carbonyl (C=O) groups is 1. The predicted molar refractivity (Wildman–Crippen MR) is 133 cm³/mol. The van der Waals surface area contributed by atoms with Gasteiger partial charge in [-0.05, 0) is 73.5 Å². The predicted octanol–water partition coefficient (Wildman–Crippen LogP) is 6.57. The summed E-state index contributed by atoms with van der Waals surface area (Å²) >= 11 is 0. The van der Waals surface area contributed by atoms with Gasteiger partial charge in [-0.1, -0.05) is 24.3 Å². The summed E-state index contributed by atoms with van der Waals surface area (Å²) in [5.41, 5.74) is 2.02. The molecule has 0 aliphatic carbocycles. The van der Waals surface area contributed by atoms with Crippen molar-refractivity contribution in [2.45, 2.75) is 27.1 Å². The Morgan fingerprint density at radius 2 is 1.53 bits per heavy atom. The van der Waals surface area contributed by atoms with Crippen molar-refractivity contribution in [2.24, 2.45) is 0 Å². The minimum atomic E-state index is -2.99. The van der Waals surface area contributed by atoms with E-state index in [0.717, 1.165) is 11.1 Å². The van der Waals surface area contributed by atoms with Gasteiger partial charge in [0.2, 0.25) is 0 Å². The minimum Gasteiger partial charge on any atom is -0.493 e. The Bertz CT molecular complexity index is 1180. The molecular weight excluding hydrogens is 470 g/mol. The molecule has 0 atom stereocenters. The molecule has 0 N–H and O–H groups in total. The van der Waals surface area contributed by atoms with E-state index in [-0.39, 0.29) is 22.8 Å².